The number of rotatable bonds is 18. The molecule has 44 heavy (non-hydrogen) atoms. The van der Waals surface area contributed by atoms with Crippen LogP contribution in [0.2, 0.25) is 0 Å². The molecule has 13 heteroatoms. The van der Waals surface area contributed by atoms with Gasteiger partial charge < -0.3 is 24.3 Å². The Morgan fingerprint density at radius 3 is 1.80 bits per heavy atom. The lowest BCUT2D eigenvalue weighted by Crippen LogP contribution is -2.12. The van der Waals surface area contributed by atoms with Crippen LogP contribution in [0, 0.1) is 0 Å². The van der Waals surface area contributed by atoms with Gasteiger partial charge in [0.2, 0.25) is 11.0 Å². The molecule has 0 fully saturated rings. The highest BCUT2D eigenvalue weighted by molar-refractivity contribution is 7.15. The molecule has 4 aromatic rings. The minimum atomic E-state index is -0.136. The summed E-state index contributed by atoms with van der Waals surface area (Å²) in [5.74, 6) is 2.57. The molecule has 1 amide bonds. The number of nitrogens with zero attached hydrogens (tertiary/aromatic N) is 4. The Hall–Kier alpha value is -4.10. The van der Waals surface area contributed by atoms with E-state index >= 15 is 0 Å². The van der Waals surface area contributed by atoms with Gasteiger partial charge in [-0.15, -0.1) is 31.7 Å². The standard InChI is InChI=1S/C31H37N5O6S2/c1-39-23-11-7-9-20(29(23)41-3)15-17-22(37)19-28-35-33-26(43-28)13-5-6-14-27-34-36-31(44-27)32-25(38)18-16-21-10-8-12-24(40-2)30(21)42-4/h7-12H,5-6,13-19H2,1-4H3,(H,32,36,38). The van der Waals surface area contributed by atoms with Crippen molar-refractivity contribution in [2.24, 2.45) is 0 Å². The Morgan fingerprint density at radius 1 is 0.659 bits per heavy atom. The number of anilines is 1. The fourth-order valence-corrected chi connectivity index (χ4v) is 6.39. The van der Waals surface area contributed by atoms with E-state index in [0.29, 0.717) is 47.4 Å². The summed E-state index contributed by atoms with van der Waals surface area (Å²) in [7, 11) is 6.37. The molecule has 234 valence electrons. The number of amides is 1. The van der Waals surface area contributed by atoms with Crippen molar-refractivity contribution in [2.45, 2.75) is 57.8 Å². The van der Waals surface area contributed by atoms with E-state index in [1.807, 2.05) is 36.4 Å². The predicted molar refractivity (Wildman–Crippen MR) is 170 cm³/mol. The van der Waals surface area contributed by atoms with Gasteiger partial charge >= 0.3 is 0 Å². The van der Waals surface area contributed by atoms with Crippen LogP contribution in [0.15, 0.2) is 36.4 Å². The number of nitrogens with one attached hydrogen (secondary N) is 1. The van der Waals surface area contributed by atoms with Crippen LogP contribution in [0.4, 0.5) is 5.13 Å². The van der Waals surface area contributed by atoms with E-state index in [4.69, 9.17) is 18.9 Å². The van der Waals surface area contributed by atoms with E-state index < -0.39 is 0 Å². The number of ketones is 1. The van der Waals surface area contributed by atoms with Gasteiger partial charge in [0.15, 0.2) is 23.0 Å². The number of carbonyl (C=O) groups excluding carboxylic acids is 2. The number of aryl methyl sites for hydroxylation is 4. The fraction of sp³-hybridized carbons (Fsp3) is 0.419. The number of para-hydroxylation sites is 2. The summed E-state index contributed by atoms with van der Waals surface area (Å²) >= 11 is 2.87. The first-order valence-electron chi connectivity index (χ1n) is 14.3. The molecule has 0 spiro atoms. The SMILES string of the molecule is COc1cccc(CCC(=O)Cc2nnc(CCCCc3nnc(NC(=O)CCc4cccc(OC)c4OC)s3)s2)c1OC. The number of hydrogen-bond donors (Lipinski definition) is 1. The number of hydrogen-bond acceptors (Lipinski definition) is 12. The molecule has 2 heterocycles. The van der Waals surface area contributed by atoms with Crippen molar-refractivity contribution in [1.29, 1.82) is 0 Å². The van der Waals surface area contributed by atoms with E-state index in [2.05, 4.69) is 25.7 Å². The molecule has 4 rings (SSSR count). The molecule has 0 saturated carbocycles. The molecule has 0 aliphatic carbocycles. The molecule has 0 bridgehead atoms. The monoisotopic (exact) mass is 639 g/mol. The summed E-state index contributed by atoms with van der Waals surface area (Å²) in [6, 6.07) is 11.3. The lowest BCUT2D eigenvalue weighted by Gasteiger charge is -2.12. The molecule has 2 aromatic heterocycles. The van der Waals surface area contributed by atoms with Crippen LogP contribution in [-0.2, 0) is 41.7 Å². The van der Waals surface area contributed by atoms with E-state index in [-0.39, 0.29) is 24.5 Å². The highest BCUT2D eigenvalue weighted by Gasteiger charge is 2.15. The van der Waals surface area contributed by atoms with Crippen molar-refractivity contribution in [3.05, 3.63) is 62.5 Å². The molecular weight excluding hydrogens is 603 g/mol. The van der Waals surface area contributed by atoms with Crippen LogP contribution in [0.5, 0.6) is 23.0 Å². The van der Waals surface area contributed by atoms with Crippen LogP contribution >= 0.6 is 22.7 Å². The summed E-state index contributed by atoms with van der Waals surface area (Å²) < 4.78 is 21.6. The zero-order valence-corrected chi connectivity index (χ0v) is 27.0. The molecule has 0 unspecified atom stereocenters. The lowest BCUT2D eigenvalue weighted by atomic mass is 10.0. The molecule has 0 atom stereocenters. The van der Waals surface area contributed by atoms with Crippen molar-refractivity contribution in [2.75, 3.05) is 33.8 Å². The van der Waals surface area contributed by atoms with Crippen molar-refractivity contribution < 1.29 is 28.5 Å². The van der Waals surface area contributed by atoms with Crippen LogP contribution in [0.25, 0.3) is 0 Å². The topological polar surface area (TPSA) is 135 Å². The van der Waals surface area contributed by atoms with Crippen molar-refractivity contribution >= 4 is 39.5 Å². The van der Waals surface area contributed by atoms with Gasteiger partial charge in [-0.25, -0.2) is 0 Å². The Morgan fingerprint density at radius 2 is 1.20 bits per heavy atom. The zero-order chi connectivity index (χ0) is 31.3. The Labute approximate surface area is 265 Å². The first-order valence-corrected chi connectivity index (χ1v) is 15.9. The molecule has 0 aliphatic heterocycles. The maximum absolute atomic E-state index is 12.6. The molecule has 1 N–H and O–H groups in total. The van der Waals surface area contributed by atoms with Gasteiger partial charge in [0.25, 0.3) is 0 Å². The minimum absolute atomic E-state index is 0.108. The summed E-state index contributed by atoms with van der Waals surface area (Å²) in [5, 5.41) is 22.7. The minimum Gasteiger partial charge on any atom is -0.493 e. The third-order valence-corrected chi connectivity index (χ3v) is 8.75. The van der Waals surface area contributed by atoms with Crippen molar-refractivity contribution in [3.63, 3.8) is 0 Å². The van der Waals surface area contributed by atoms with Gasteiger partial charge in [-0.05, 0) is 48.9 Å². The number of methoxy groups -OCH3 is 4. The highest BCUT2D eigenvalue weighted by atomic mass is 32.1. The number of aromatic nitrogens is 4. The summed E-state index contributed by atoms with van der Waals surface area (Å²) in [5.41, 5.74) is 1.84. The van der Waals surface area contributed by atoms with Gasteiger partial charge in [-0.2, -0.15) is 0 Å². The Bertz CT molecular complexity index is 1430. The van der Waals surface area contributed by atoms with Gasteiger partial charge in [0.1, 0.15) is 20.8 Å². The van der Waals surface area contributed by atoms with Gasteiger partial charge in [0, 0.05) is 25.7 Å². The van der Waals surface area contributed by atoms with Gasteiger partial charge in [-0.1, -0.05) is 35.6 Å². The van der Waals surface area contributed by atoms with Crippen LogP contribution in [-0.4, -0.2) is 60.5 Å². The first kappa shape index (κ1) is 32.8. The first-order chi connectivity index (χ1) is 21.4. The molecule has 0 radical (unpaired) electrons. The summed E-state index contributed by atoms with van der Waals surface area (Å²) in [6.07, 6.45) is 5.37. The summed E-state index contributed by atoms with van der Waals surface area (Å²) in [6.45, 7) is 0. The number of benzene rings is 2. The lowest BCUT2D eigenvalue weighted by molar-refractivity contribution is -0.118. The quantitative estimate of drug-likeness (QED) is 0.143. The average molecular weight is 640 g/mol. The Balaban J connectivity index is 1.15. The molecule has 11 nitrogen and oxygen atoms in total. The maximum Gasteiger partial charge on any atom is 0.226 e. The van der Waals surface area contributed by atoms with E-state index in [1.165, 1.54) is 22.7 Å². The Kier molecular flexibility index (Phi) is 12.4. The van der Waals surface area contributed by atoms with Crippen LogP contribution in [0.3, 0.4) is 0 Å². The number of Topliss-reactive ketones (excluding diaryl/α,β-unsaturated/α-hetero) is 1. The average Bonchev–Trinajstić information content (AvgIpc) is 3.69. The van der Waals surface area contributed by atoms with Crippen molar-refractivity contribution in [1.82, 2.24) is 20.4 Å². The second-order valence-electron chi connectivity index (χ2n) is 9.87. The maximum atomic E-state index is 12.6. The largest absolute Gasteiger partial charge is 0.493 e. The number of ether oxygens (including phenoxy) is 4. The molecular formula is C31H37N5O6S2. The van der Waals surface area contributed by atoms with Crippen molar-refractivity contribution in [3.8, 4) is 23.0 Å². The number of carbonyl (C=O) groups is 2. The van der Waals surface area contributed by atoms with Gasteiger partial charge in [0.05, 0.1) is 34.9 Å². The van der Waals surface area contributed by atoms with Gasteiger partial charge in [-0.3, -0.25) is 9.59 Å². The second-order valence-corrected chi connectivity index (χ2v) is 12.1. The normalized spacial score (nSPS) is 10.8. The predicted octanol–water partition coefficient (Wildman–Crippen LogP) is 5.31. The van der Waals surface area contributed by atoms with Crippen LogP contribution in [0.1, 0.15) is 51.8 Å². The van der Waals surface area contributed by atoms with E-state index in [0.717, 1.165) is 51.8 Å². The van der Waals surface area contributed by atoms with E-state index in [1.54, 1.807) is 28.4 Å². The van der Waals surface area contributed by atoms with E-state index in [9.17, 15) is 9.59 Å². The fourth-order valence-electron chi connectivity index (χ4n) is 4.68. The molecule has 2 aromatic carbocycles. The smallest absolute Gasteiger partial charge is 0.226 e. The second kappa shape index (κ2) is 16.7. The van der Waals surface area contributed by atoms with Crippen LogP contribution < -0.4 is 24.3 Å². The third kappa shape index (κ3) is 9.20. The molecule has 0 saturated heterocycles. The number of unbranched alkanes of at least 4 members (excludes halogenated alkanes) is 1. The highest BCUT2D eigenvalue weighted by Crippen LogP contribution is 2.32. The zero-order valence-electron chi connectivity index (χ0n) is 25.4. The molecule has 0 aliphatic rings. The summed E-state index contributed by atoms with van der Waals surface area (Å²) in [4.78, 5) is 25.1. The third-order valence-electron chi connectivity index (χ3n) is 6.87.